The molecule has 0 N–H and O–H groups in total. The molecule has 0 aliphatic carbocycles. The number of nitro groups is 1. The first kappa shape index (κ1) is 18.0. The second-order valence-corrected chi connectivity index (χ2v) is 6.82. The molecular formula is C21H16ClN3O3. The molecule has 3 aromatic carbocycles. The van der Waals surface area contributed by atoms with Crippen LogP contribution < -0.4 is 4.74 Å². The van der Waals surface area contributed by atoms with Gasteiger partial charge in [0.1, 0.15) is 5.75 Å². The minimum absolute atomic E-state index is 0.0555. The first-order valence-corrected chi connectivity index (χ1v) is 8.93. The number of aromatic nitrogens is 2. The van der Waals surface area contributed by atoms with Gasteiger partial charge in [0.15, 0.2) is 5.82 Å². The fraction of sp³-hybridized carbons (Fsp3) is 0.0952. The van der Waals surface area contributed by atoms with Crippen molar-refractivity contribution in [1.29, 1.82) is 0 Å². The van der Waals surface area contributed by atoms with Crippen molar-refractivity contribution >= 4 is 28.3 Å². The van der Waals surface area contributed by atoms with Gasteiger partial charge in [0.05, 0.1) is 28.6 Å². The average molecular weight is 394 g/mol. The number of halogens is 1. The number of nitro benzene ring substituents is 1. The quantitative estimate of drug-likeness (QED) is 0.335. The van der Waals surface area contributed by atoms with Crippen LogP contribution in [0, 0.1) is 17.0 Å². The number of benzene rings is 3. The summed E-state index contributed by atoms with van der Waals surface area (Å²) in [6.07, 6.45) is 0. The summed E-state index contributed by atoms with van der Waals surface area (Å²) in [6, 6.07) is 17.9. The lowest BCUT2D eigenvalue weighted by Gasteiger charge is -2.11. The lowest BCUT2D eigenvalue weighted by molar-refractivity contribution is -0.384. The fourth-order valence-corrected chi connectivity index (χ4v) is 3.34. The van der Waals surface area contributed by atoms with E-state index in [2.05, 4.69) is 4.98 Å². The number of methoxy groups -OCH3 is 1. The third-order valence-electron chi connectivity index (χ3n) is 4.55. The first-order chi connectivity index (χ1) is 13.5. The van der Waals surface area contributed by atoms with Crippen LogP contribution in [0.5, 0.6) is 5.75 Å². The smallest absolute Gasteiger partial charge is 0.280 e. The van der Waals surface area contributed by atoms with Gasteiger partial charge in [-0.25, -0.2) is 4.98 Å². The summed E-state index contributed by atoms with van der Waals surface area (Å²) in [4.78, 5) is 15.9. The molecule has 7 heteroatoms. The van der Waals surface area contributed by atoms with Gasteiger partial charge in [-0.05, 0) is 43.3 Å². The van der Waals surface area contributed by atoms with E-state index in [0.29, 0.717) is 27.7 Å². The van der Waals surface area contributed by atoms with Gasteiger partial charge >= 0.3 is 0 Å². The molecule has 4 aromatic rings. The number of hydrogen-bond acceptors (Lipinski definition) is 4. The molecule has 0 saturated heterocycles. The zero-order chi connectivity index (χ0) is 19.8. The molecule has 0 unspecified atom stereocenters. The van der Waals surface area contributed by atoms with E-state index in [1.165, 1.54) is 12.1 Å². The SMILES string of the molecule is COc1ccc2nc(-c3cc(Cl)ccc3[N+](=O)[O-])n(-c3ccc(C)cc3)c2c1. The van der Waals surface area contributed by atoms with Crippen LogP contribution in [0.4, 0.5) is 5.69 Å². The van der Waals surface area contributed by atoms with E-state index in [1.807, 2.05) is 54.0 Å². The molecule has 0 spiro atoms. The molecule has 0 saturated carbocycles. The Morgan fingerprint density at radius 2 is 1.82 bits per heavy atom. The van der Waals surface area contributed by atoms with Crippen LogP contribution in [0.25, 0.3) is 28.1 Å². The van der Waals surface area contributed by atoms with Crippen molar-refractivity contribution < 1.29 is 9.66 Å². The first-order valence-electron chi connectivity index (χ1n) is 8.56. The summed E-state index contributed by atoms with van der Waals surface area (Å²) in [6.45, 7) is 2.00. The summed E-state index contributed by atoms with van der Waals surface area (Å²) in [5.74, 6) is 1.12. The predicted molar refractivity (Wildman–Crippen MR) is 109 cm³/mol. The van der Waals surface area contributed by atoms with Gasteiger partial charge in [0.2, 0.25) is 0 Å². The second-order valence-electron chi connectivity index (χ2n) is 6.38. The summed E-state index contributed by atoms with van der Waals surface area (Å²) in [5, 5.41) is 12.0. The highest BCUT2D eigenvalue weighted by atomic mass is 35.5. The van der Waals surface area contributed by atoms with Crippen LogP contribution >= 0.6 is 11.6 Å². The van der Waals surface area contributed by atoms with Gasteiger partial charge < -0.3 is 4.74 Å². The van der Waals surface area contributed by atoms with Crippen LogP contribution in [0.1, 0.15) is 5.56 Å². The molecule has 0 aliphatic heterocycles. The van der Waals surface area contributed by atoms with Gasteiger partial charge in [-0.15, -0.1) is 0 Å². The number of imidazole rings is 1. The van der Waals surface area contributed by atoms with Crippen LogP contribution in [-0.4, -0.2) is 21.6 Å². The summed E-state index contributed by atoms with van der Waals surface area (Å²) >= 11 is 6.16. The monoisotopic (exact) mass is 393 g/mol. The Morgan fingerprint density at radius 1 is 1.07 bits per heavy atom. The average Bonchev–Trinajstić information content (AvgIpc) is 3.06. The lowest BCUT2D eigenvalue weighted by Crippen LogP contribution is -2.00. The molecule has 28 heavy (non-hydrogen) atoms. The minimum Gasteiger partial charge on any atom is -0.497 e. The van der Waals surface area contributed by atoms with Crippen molar-refractivity contribution in [3.8, 4) is 22.8 Å². The number of fused-ring (bicyclic) bond motifs is 1. The second kappa shape index (κ2) is 6.98. The van der Waals surface area contributed by atoms with E-state index >= 15 is 0 Å². The maximum atomic E-state index is 11.6. The van der Waals surface area contributed by atoms with E-state index in [1.54, 1.807) is 13.2 Å². The Labute approximate surface area is 166 Å². The van der Waals surface area contributed by atoms with Crippen LogP contribution in [0.2, 0.25) is 5.02 Å². The van der Waals surface area contributed by atoms with E-state index in [9.17, 15) is 10.1 Å². The number of nitrogens with zero attached hydrogens (tertiary/aromatic N) is 3. The van der Waals surface area contributed by atoms with E-state index in [0.717, 1.165) is 16.8 Å². The van der Waals surface area contributed by atoms with Gasteiger partial charge in [0, 0.05) is 22.8 Å². The highest BCUT2D eigenvalue weighted by molar-refractivity contribution is 6.31. The predicted octanol–water partition coefficient (Wildman–Crippen LogP) is 5.57. The van der Waals surface area contributed by atoms with Crippen LogP contribution in [-0.2, 0) is 0 Å². The zero-order valence-electron chi connectivity index (χ0n) is 15.2. The van der Waals surface area contributed by atoms with Crippen molar-refractivity contribution in [3.05, 3.63) is 81.4 Å². The summed E-state index contributed by atoms with van der Waals surface area (Å²) in [5.41, 5.74) is 3.73. The molecule has 140 valence electrons. The molecule has 0 atom stereocenters. The minimum atomic E-state index is -0.426. The molecule has 0 amide bonds. The Hall–Kier alpha value is -3.38. The molecule has 1 heterocycles. The number of rotatable bonds is 4. The van der Waals surface area contributed by atoms with Crippen molar-refractivity contribution in [1.82, 2.24) is 9.55 Å². The zero-order valence-corrected chi connectivity index (χ0v) is 16.0. The molecule has 0 aliphatic rings. The Bertz CT molecular complexity index is 1200. The topological polar surface area (TPSA) is 70.2 Å². The largest absolute Gasteiger partial charge is 0.497 e. The molecule has 0 fully saturated rings. The van der Waals surface area contributed by atoms with Gasteiger partial charge in [-0.2, -0.15) is 0 Å². The van der Waals surface area contributed by atoms with Gasteiger partial charge in [-0.3, -0.25) is 14.7 Å². The molecule has 0 radical (unpaired) electrons. The third kappa shape index (κ3) is 3.08. The fourth-order valence-electron chi connectivity index (χ4n) is 3.16. The maximum Gasteiger partial charge on any atom is 0.280 e. The number of aryl methyl sites for hydroxylation is 1. The summed E-state index contributed by atoms with van der Waals surface area (Å²) in [7, 11) is 1.59. The van der Waals surface area contributed by atoms with Crippen LogP contribution in [0.15, 0.2) is 60.7 Å². The van der Waals surface area contributed by atoms with Crippen molar-refractivity contribution in [2.45, 2.75) is 6.92 Å². The van der Waals surface area contributed by atoms with Crippen molar-refractivity contribution in [2.24, 2.45) is 0 Å². The third-order valence-corrected chi connectivity index (χ3v) is 4.79. The molecule has 1 aromatic heterocycles. The standard InChI is InChI=1S/C21H16ClN3O3/c1-13-3-6-15(7-4-13)24-20-12-16(28-2)8-9-18(20)23-21(24)17-11-14(22)5-10-19(17)25(26)27/h3-12H,1-2H3. The van der Waals surface area contributed by atoms with Gasteiger partial charge in [0.25, 0.3) is 5.69 Å². The summed E-state index contributed by atoms with van der Waals surface area (Å²) < 4.78 is 7.24. The highest BCUT2D eigenvalue weighted by Crippen LogP contribution is 2.36. The lowest BCUT2D eigenvalue weighted by atomic mass is 10.1. The van der Waals surface area contributed by atoms with E-state index < -0.39 is 4.92 Å². The van der Waals surface area contributed by atoms with Crippen molar-refractivity contribution in [2.75, 3.05) is 7.11 Å². The molecule has 0 bridgehead atoms. The maximum absolute atomic E-state index is 11.6. The Kier molecular flexibility index (Phi) is 4.49. The Balaban J connectivity index is 2.09. The van der Waals surface area contributed by atoms with E-state index in [-0.39, 0.29) is 5.69 Å². The molecule has 6 nitrogen and oxygen atoms in total. The van der Waals surface area contributed by atoms with Gasteiger partial charge in [-0.1, -0.05) is 29.3 Å². The molecular weight excluding hydrogens is 378 g/mol. The Morgan fingerprint density at radius 3 is 2.50 bits per heavy atom. The van der Waals surface area contributed by atoms with Crippen LogP contribution in [0.3, 0.4) is 0 Å². The van der Waals surface area contributed by atoms with E-state index in [4.69, 9.17) is 16.3 Å². The highest BCUT2D eigenvalue weighted by Gasteiger charge is 2.23. The van der Waals surface area contributed by atoms with Crippen molar-refractivity contribution in [3.63, 3.8) is 0 Å². The number of ether oxygens (including phenoxy) is 1. The normalized spacial score (nSPS) is 11.0. The molecule has 4 rings (SSSR count). The number of hydrogen-bond donors (Lipinski definition) is 0.